The first kappa shape index (κ1) is 23.1. The molecule has 2 amide bonds. The number of hydrogen-bond acceptors (Lipinski definition) is 5. The number of halogens is 1. The van der Waals surface area contributed by atoms with Crippen molar-refractivity contribution in [3.63, 3.8) is 0 Å². The lowest BCUT2D eigenvalue weighted by atomic mass is 10.1. The van der Waals surface area contributed by atoms with Gasteiger partial charge in [-0.15, -0.1) is 10.2 Å². The van der Waals surface area contributed by atoms with Crippen LogP contribution < -0.4 is 10.2 Å². The molecule has 0 saturated heterocycles. The van der Waals surface area contributed by atoms with Crippen LogP contribution in [-0.4, -0.2) is 45.1 Å². The number of hydrogen-bond donors (Lipinski definition) is 1. The maximum Gasteiger partial charge on any atom is 0.251 e. The van der Waals surface area contributed by atoms with Gasteiger partial charge in [0.1, 0.15) is 18.9 Å². The quantitative estimate of drug-likeness (QED) is 0.554. The minimum atomic E-state index is -0.595. The molecular weight excluding hydrogens is 411 g/mol. The molecule has 0 aliphatic rings. The van der Waals surface area contributed by atoms with Crippen LogP contribution in [0.2, 0.25) is 0 Å². The Morgan fingerprint density at radius 3 is 2.53 bits per heavy atom. The molecule has 0 aliphatic heterocycles. The second-order valence-electron chi connectivity index (χ2n) is 7.97. The van der Waals surface area contributed by atoms with E-state index in [0.29, 0.717) is 18.3 Å². The zero-order valence-electron chi connectivity index (χ0n) is 18.5. The number of tetrazole rings is 1. The molecular formula is C23H27FN6O2. The number of anilines is 1. The summed E-state index contributed by atoms with van der Waals surface area (Å²) in [5, 5.41) is 15.0. The van der Waals surface area contributed by atoms with E-state index in [1.54, 1.807) is 6.07 Å². The summed E-state index contributed by atoms with van der Waals surface area (Å²) < 4.78 is 14.4. The predicted molar refractivity (Wildman–Crippen MR) is 119 cm³/mol. The number of rotatable bonds is 9. The molecule has 8 nitrogen and oxygen atoms in total. The zero-order chi connectivity index (χ0) is 23.1. The number of benzene rings is 2. The number of carbonyl (C=O) groups is 2. The molecule has 0 spiro atoms. The van der Waals surface area contributed by atoms with E-state index in [2.05, 4.69) is 34.6 Å². The van der Waals surface area contributed by atoms with Crippen molar-refractivity contribution in [1.29, 1.82) is 0 Å². The van der Waals surface area contributed by atoms with Gasteiger partial charge >= 0.3 is 0 Å². The summed E-state index contributed by atoms with van der Waals surface area (Å²) in [6.45, 7) is 5.97. The molecule has 3 aromatic rings. The number of aromatic nitrogens is 4. The van der Waals surface area contributed by atoms with Crippen molar-refractivity contribution in [3.8, 4) is 11.4 Å². The van der Waals surface area contributed by atoms with E-state index < -0.39 is 11.7 Å². The van der Waals surface area contributed by atoms with Crippen LogP contribution in [0.15, 0.2) is 48.5 Å². The molecule has 0 atom stereocenters. The van der Waals surface area contributed by atoms with Gasteiger partial charge in [-0.25, -0.2) is 4.39 Å². The summed E-state index contributed by atoms with van der Waals surface area (Å²) in [6.07, 6.45) is 0.810. The van der Waals surface area contributed by atoms with E-state index >= 15 is 0 Å². The van der Waals surface area contributed by atoms with Crippen molar-refractivity contribution in [3.05, 3.63) is 59.9 Å². The largest absolute Gasteiger partial charge is 0.355 e. The van der Waals surface area contributed by atoms with Gasteiger partial charge in [0.25, 0.3) is 5.91 Å². The highest BCUT2D eigenvalue weighted by atomic mass is 19.1. The van der Waals surface area contributed by atoms with E-state index in [1.165, 1.54) is 18.2 Å². The molecule has 168 valence electrons. The van der Waals surface area contributed by atoms with Gasteiger partial charge in [-0.05, 0) is 36.6 Å². The minimum Gasteiger partial charge on any atom is -0.355 e. The fourth-order valence-electron chi connectivity index (χ4n) is 3.01. The number of nitrogens with zero attached hydrogens (tertiary/aromatic N) is 5. The topological polar surface area (TPSA) is 93.0 Å². The maximum absolute atomic E-state index is 14.4. The van der Waals surface area contributed by atoms with Crippen LogP contribution in [0.5, 0.6) is 0 Å². The molecule has 0 fully saturated rings. The zero-order valence-corrected chi connectivity index (χ0v) is 18.5. The molecule has 32 heavy (non-hydrogen) atoms. The normalized spacial score (nSPS) is 10.9. The Kier molecular flexibility index (Phi) is 7.64. The lowest BCUT2D eigenvalue weighted by molar-refractivity contribution is -0.124. The summed E-state index contributed by atoms with van der Waals surface area (Å²) in [7, 11) is 0. The molecule has 0 bridgehead atoms. The number of aryl methyl sites for hydroxylation is 1. The van der Waals surface area contributed by atoms with Gasteiger partial charge in [-0.3, -0.25) is 14.5 Å². The second kappa shape index (κ2) is 10.6. The number of para-hydroxylation sites is 1. The van der Waals surface area contributed by atoms with Crippen LogP contribution in [0, 0.1) is 18.7 Å². The predicted octanol–water partition coefficient (Wildman–Crippen LogP) is 2.98. The highest BCUT2D eigenvalue weighted by Gasteiger charge is 2.23. The standard InChI is InChI=1S/C23H27FN6O2/c1-16(2)12-13-25-21(31)14-29(20-7-5-4-6-19(20)24)22(32)15-30-27-23(26-28-30)18-10-8-17(3)9-11-18/h4-11,16H,12-15H2,1-3H3,(H,25,31). The third kappa shape index (κ3) is 6.19. The third-order valence-electron chi connectivity index (χ3n) is 4.83. The van der Waals surface area contributed by atoms with Gasteiger partial charge in [0.05, 0.1) is 5.69 Å². The van der Waals surface area contributed by atoms with Crippen molar-refractivity contribution in [2.24, 2.45) is 5.92 Å². The summed E-state index contributed by atoms with van der Waals surface area (Å²) in [5.41, 5.74) is 1.89. The maximum atomic E-state index is 14.4. The van der Waals surface area contributed by atoms with E-state index in [1.807, 2.05) is 31.2 Å². The first-order chi connectivity index (χ1) is 15.3. The van der Waals surface area contributed by atoms with Crippen LogP contribution in [0.1, 0.15) is 25.8 Å². The molecule has 1 N–H and O–H groups in total. The number of carbonyl (C=O) groups excluding carboxylic acids is 2. The first-order valence-electron chi connectivity index (χ1n) is 10.5. The van der Waals surface area contributed by atoms with E-state index in [9.17, 15) is 14.0 Å². The van der Waals surface area contributed by atoms with Gasteiger partial charge in [0.2, 0.25) is 11.7 Å². The number of amides is 2. The Balaban J connectivity index is 1.74. The van der Waals surface area contributed by atoms with Crippen molar-refractivity contribution in [1.82, 2.24) is 25.5 Å². The Hall–Kier alpha value is -3.62. The lowest BCUT2D eigenvalue weighted by Crippen LogP contribution is -2.43. The van der Waals surface area contributed by atoms with Crippen molar-refractivity contribution in [2.75, 3.05) is 18.0 Å². The van der Waals surface area contributed by atoms with Crippen molar-refractivity contribution >= 4 is 17.5 Å². The monoisotopic (exact) mass is 438 g/mol. The van der Waals surface area contributed by atoms with E-state index in [-0.39, 0.29) is 24.7 Å². The third-order valence-corrected chi connectivity index (χ3v) is 4.83. The Labute approximate surface area is 186 Å². The SMILES string of the molecule is Cc1ccc(-c2nnn(CC(=O)N(CC(=O)NCCC(C)C)c3ccccc3F)n2)cc1. The summed E-state index contributed by atoms with van der Waals surface area (Å²) in [4.78, 5) is 27.7. The van der Waals surface area contributed by atoms with E-state index in [0.717, 1.165) is 27.2 Å². The van der Waals surface area contributed by atoms with Gasteiger partial charge < -0.3 is 5.32 Å². The van der Waals surface area contributed by atoms with Crippen LogP contribution in [0.3, 0.4) is 0 Å². The summed E-state index contributed by atoms with van der Waals surface area (Å²) in [6, 6.07) is 13.4. The van der Waals surface area contributed by atoms with E-state index in [4.69, 9.17) is 0 Å². The summed E-state index contributed by atoms with van der Waals surface area (Å²) >= 11 is 0. The highest BCUT2D eigenvalue weighted by Crippen LogP contribution is 2.19. The van der Waals surface area contributed by atoms with Crippen LogP contribution in [0.4, 0.5) is 10.1 Å². The first-order valence-corrected chi connectivity index (χ1v) is 10.5. The molecule has 9 heteroatoms. The molecule has 0 saturated carbocycles. The second-order valence-corrected chi connectivity index (χ2v) is 7.97. The van der Waals surface area contributed by atoms with Gasteiger partial charge in [0, 0.05) is 12.1 Å². The fourth-order valence-corrected chi connectivity index (χ4v) is 3.01. The molecule has 0 unspecified atom stereocenters. The van der Waals surface area contributed by atoms with Crippen molar-refractivity contribution < 1.29 is 14.0 Å². The van der Waals surface area contributed by atoms with Crippen molar-refractivity contribution in [2.45, 2.75) is 33.7 Å². The minimum absolute atomic E-state index is 0.0235. The van der Waals surface area contributed by atoms with Gasteiger partial charge in [0.15, 0.2) is 0 Å². The van der Waals surface area contributed by atoms with Gasteiger partial charge in [-0.1, -0.05) is 55.8 Å². The average molecular weight is 439 g/mol. The van der Waals surface area contributed by atoms with Crippen LogP contribution >= 0.6 is 0 Å². The Bertz CT molecular complexity index is 1060. The van der Waals surface area contributed by atoms with Gasteiger partial charge in [-0.2, -0.15) is 4.80 Å². The fraction of sp³-hybridized carbons (Fsp3) is 0.348. The molecule has 1 aromatic heterocycles. The molecule has 2 aromatic carbocycles. The number of nitrogens with one attached hydrogen (secondary N) is 1. The average Bonchev–Trinajstić information content (AvgIpc) is 3.21. The highest BCUT2D eigenvalue weighted by molar-refractivity contribution is 5.98. The van der Waals surface area contributed by atoms with Crippen LogP contribution in [-0.2, 0) is 16.1 Å². The Morgan fingerprint density at radius 2 is 1.84 bits per heavy atom. The molecule has 0 radical (unpaired) electrons. The molecule has 1 heterocycles. The van der Waals surface area contributed by atoms with Crippen LogP contribution in [0.25, 0.3) is 11.4 Å². The molecule has 3 rings (SSSR count). The Morgan fingerprint density at radius 1 is 1.12 bits per heavy atom. The summed E-state index contributed by atoms with van der Waals surface area (Å²) in [5.74, 6) is -0.679. The lowest BCUT2D eigenvalue weighted by Gasteiger charge is -2.22. The molecule has 0 aliphatic carbocycles. The smallest absolute Gasteiger partial charge is 0.251 e.